The minimum Gasteiger partial charge on any atom is -0.274 e. The van der Waals surface area contributed by atoms with Crippen molar-refractivity contribution in [2.75, 3.05) is 0 Å². The van der Waals surface area contributed by atoms with Gasteiger partial charge in [-0.05, 0) is 104 Å². The Balaban J connectivity index is 1.24. The van der Waals surface area contributed by atoms with Gasteiger partial charge in [0.25, 0.3) is 10.0 Å². The van der Waals surface area contributed by atoms with Gasteiger partial charge in [-0.3, -0.25) is 9.78 Å². The highest BCUT2D eigenvalue weighted by Gasteiger charge is 2.61. The number of aromatic nitrogens is 2. The van der Waals surface area contributed by atoms with Crippen LogP contribution in [0.2, 0.25) is 0 Å². The van der Waals surface area contributed by atoms with Gasteiger partial charge in [-0.25, -0.2) is 9.71 Å². The number of nitrogens with one attached hydrogen (secondary N) is 1. The number of hydrogen-bond donors (Lipinski definition) is 1. The molecular weight excluding hydrogens is 482 g/mol. The second kappa shape index (κ2) is 10.2. The molecule has 206 valence electrons. The van der Waals surface area contributed by atoms with E-state index in [0.29, 0.717) is 22.7 Å². The first-order valence-corrected chi connectivity index (χ1v) is 16.4. The number of carbonyl (C=O) groups is 1. The second-order valence-electron chi connectivity index (χ2n) is 13.5. The normalized spacial score (nSPS) is 40.2. The average Bonchev–Trinajstić information content (AvgIpc) is 3.24. The fourth-order valence-corrected chi connectivity index (χ4v) is 11.1. The lowest BCUT2D eigenvalue weighted by molar-refractivity contribution is -0.138. The highest BCUT2D eigenvalue weighted by atomic mass is 32.2. The summed E-state index contributed by atoms with van der Waals surface area (Å²) in [5.41, 5.74) is 0.887. The van der Waals surface area contributed by atoms with Crippen molar-refractivity contribution in [3.8, 4) is 0 Å². The van der Waals surface area contributed by atoms with E-state index in [1.165, 1.54) is 82.8 Å². The van der Waals surface area contributed by atoms with Crippen molar-refractivity contribution in [1.29, 1.82) is 0 Å². The monoisotopic (exact) mass is 529 g/mol. The average molecular weight is 530 g/mol. The third kappa shape index (κ3) is 4.76. The van der Waals surface area contributed by atoms with E-state index >= 15 is 0 Å². The van der Waals surface area contributed by atoms with Crippen LogP contribution in [0.15, 0.2) is 23.6 Å². The third-order valence-corrected chi connectivity index (χ3v) is 13.2. The minimum atomic E-state index is -3.97. The molecule has 1 heterocycles. The number of hydrogen-bond acceptors (Lipinski definition) is 5. The summed E-state index contributed by atoms with van der Waals surface area (Å²) >= 11 is 0. The van der Waals surface area contributed by atoms with Crippen LogP contribution in [0.25, 0.3) is 0 Å². The Morgan fingerprint density at radius 2 is 1.84 bits per heavy atom. The Labute approximate surface area is 224 Å². The van der Waals surface area contributed by atoms with Crippen molar-refractivity contribution in [2.45, 2.75) is 110 Å². The first-order valence-electron chi connectivity index (χ1n) is 14.9. The molecule has 1 amide bonds. The topological polar surface area (TPSA) is 89.0 Å². The predicted octanol–water partition coefficient (Wildman–Crippen LogP) is 6.38. The molecule has 6 nitrogen and oxygen atoms in total. The lowest BCUT2D eigenvalue weighted by Gasteiger charge is -2.63. The van der Waals surface area contributed by atoms with Gasteiger partial charge in [-0.15, -0.1) is 0 Å². The highest BCUT2D eigenvalue weighted by Crippen LogP contribution is 2.69. The molecule has 0 radical (unpaired) electrons. The molecule has 4 saturated carbocycles. The quantitative estimate of drug-likeness (QED) is 0.442. The van der Waals surface area contributed by atoms with E-state index in [-0.39, 0.29) is 11.4 Å². The molecule has 9 atom stereocenters. The van der Waals surface area contributed by atoms with Crippen molar-refractivity contribution in [2.24, 2.45) is 52.3 Å². The van der Waals surface area contributed by atoms with E-state index in [4.69, 9.17) is 0 Å². The van der Waals surface area contributed by atoms with Crippen molar-refractivity contribution in [3.63, 3.8) is 0 Å². The van der Waals surface area contributed by atoms with E-state index in [1.807, 2.05) is 0 Å². The van der Waals surface area contributed by atoms with Crippen molar-refractivity contribution in [3.05, 3.63) is 18.6 Å². The van der Waals surface area contributed by atoms with E-state index in [9.17, 15) is 13.2 Å². The van der Waals surface area contributed by atoms with Crippen molar-refractivity contribution >= 4 is 15.9 Å². The number of rotatable bonds is 7. The molecule has 0 aromatic carbocycles. The van der Waals surface area contributed by atoms with Crippen LogP contribution in [-0.2, 0) is 14.8 Å². The van der Waals surface area contributed by atoms with Gasteiger partial charge in [0.15, 0.2) is 5.03 Å². The maximum Gasteiger partial charge on any atom is 0.283 e. The molecule has 0 aliphatic heterocycles. The van der Waals surface area contributed by atoms with Crippen LogP contribution in [0.1, 0.15) is 105 Å². The van der Waals surface area contributed by atoms with E-state index in [2.05, 4.69) is 42.4 Å². The van der Waals surface area contributed by atoms with Crippen LogP contribution in [0.3, 0.4) is 0 Å². The first-order chi connectivity index (χ1) is 17.6. The molecule has 1 aromatic rings. The van der Waals surface area contributed by atoms with Gasteiger partial charge >= 0.3 is 0 Å². The van der Waals surface area contributed by atoms with E-state index < -0.39 is 15.9 Å². The van der Waals surface area contributed by atoms with Crippen molar-refractivity contribution < 1.29 is 13.2 Å². The number of carbonyl (C=O) groups excluding carboxylic acids is 1. The fraction of sp³-hybridized carbons (Fsp3) is 0.833. The molecule has 7 heteroatoms. The van der Waals surface area contributed by atoms with Crippen LogP contribution >= 0.6 is 0 Å². The molecule has 37 heavy (non-hydrogen) atoms. The summed E-state index contributed by atoms with van der Waals surface area (Å²) < 4.78 is 27.1. The zero-order chi connectivity index (χ0) is 26.4. The highest BCUT2D eigenvalue weighted by molar-refractivity contribution is 7.90. The van der Waals surface area contributed by atoms with Gasteiger partial charge in [0.1, 0.15) is 0 Å². The Kier molecular flexibility index (Phi) is 7.49. The fourth-order valence-electron chi connectivity index (χ4n) is 10.2. The SMILES string of the molecule is CC[C@H]1CC2C3CC[C@H]([C@H](C)CCC(=O)NS(=O)(=O)c4cnccn4)[C@@]3(C)CCC2[C@@]2(C)CCCC[C@@H]12. The molecule has 3 unspecified atom stereocenters. The smallest absolute Gasteiger partial charge is 0.274 e. The summed E-state index contributed by atoms with van der Waals surface area (Å²) in [6.45, 7) is 9.96. The summed E-state index contributed by atoms with van der Waals surface area (Å²) in [5, 5.41) is -0.217. The van der Waals surface area contributed by atoms with Gasteiger partial charge < -0.3 is 0 Å². The molecule has 4 fully saturated rings. The first kappa shape index (κ1) is 27.1. The van der Waals surface area contributed by atoms with Crippen LogP contribution in [0.4, 0.5) is 0 Å². The van der Waals surface area contributed by atoms with Gasteiger partial charge in [0, 0.05) is 18.8 Å². The maximum atomic E-state index is 12.6. The summed E-state index contributed by atoms with van der Waals surface area (Å²) in [6.07, 6.45) is 18.6. The van der Waals surface area contributed by atoms with Crippen molar-refractivity contribution in [1.82, 2.24) is 14.7 Å². The second-order valence-corrected chi connectivity index (χ2v) is 15.1. The molecule has 1 N–H and O–H groups in total. The molecular formula is C30H47N3O3S. The molecule has 1 aromatic heterocycles. The minimum absolute atomic E-state index is 0.217. The Morgan fingerprint density at radius 3 is 2.57 bits per heavy atom. The van der Waals surface area contributed by atoms with Gasteiger partial charge in [-0.1, -0.05) is 47.0 Å². The van der Waals surface area contributed by atoms with E-state index in [0.717, 1.165) is 36.0 Å². The lowest BCUT2D eigenvalue weighted by Crippen LogP contribution is -2.55. The number of nitrogens with zero attached hydrogens (tertiary/aromatic N) is 2. The predicted molar refractivity (Wildman–Crippen MR) is 145 cm³/mol. The zero-order valence-corrected chi connectivity index (χ0v) is 24.1. The summed E-state index contributed by atoms with van der Waals surface area (Å²) in [7, 11) is -3.97. The van der Waals surface area contributed by atoms with Crippen LogP contribution in [-0.4, -0.2) is 24.3 Å². The number of amides is 1. The Hall–Kier alpha value is -1.50. The lowest BCUT2D eigenvalue weighted by atomic mass is 9.42. The largest absolute Gasteiger partial charge is 0.283 e. The molecule has 5 rings (SSSR count). The molecule has 0 spiro atoms. The van der Waals surface area contributed by atoms with Gasteiger partial charge in [0.2, 0.25) is 5.91 Å². The van der Waals surface area contributed by atoms with Gasteiger partial charge in [-0.2, -0.15) is 8.42 Å². The Bertz CT molecular complexity index is 1080. The van der Waals surface area contributed by atoms with Crippen LogP contribution in [0.5, 0.6) is 0 Å². The van der Waals surface area contributed by atoms with Crippen LogP contribution < -0.4 is 4.72 Å². The summed E-state index contributed by atoms with van der Waals surface area (Å²) in [4.78, 5) is 20.2. The summed E-state index contributed by atoms with van der Waals surface area (Å²) in [6, 6.07) is 0. The van der Waals surface area contributed by atoms with E-state index in [1.54, 1.807) is 0 Å². The standard InChI is InChI=1S/C30H47N3O3S/c1-5-21-18-22-25-11-10-23(30(25,4)15-13-26(22)29(3)14-7-6-8-24(21)29)20(2)9-12-27(34)33-37(35,36)28-19-31-16-17-32-28/h16-17,19-26H,5-15,18H2,1-4H3,(H,33,34)/t20-,21+,22?,23-,24+,25?,26?,29+,30-/m1/s1. The molecule has 0 saturated heterocycles. The van der Waals surface area contributed by atoms with Crippen LogP contribution in [0, 0.1) is 52.3 Å². The maximum absolute atomic E-state index is 12.6. The third-order valence-electron chi connectivity index (χ3n) is 11.9. The number of fused-ring (bicyclic) bond motifs is 5. The van der Waals surface area contributed by atoms with Gasteiger partial charge in [0.05, 0.1) is 6.20 Å². The molecule has 4 aliphatic rings. The Morgan fingerprint density at radius 1 is 1.05 bits per heavy atom. The molecule has 0 bridgehead atoms. The number of sulfonamides is 1. The molecule has 4 aliphatic carbocycles. The zero-order valence-electron chi connectivity index (χ0n) is 23.3. The summed E-state index contributed by atoms with van der Waals surface area (Å²) in [5.74, 6) is 4.95.